The second kappa shape index (κ2) is 7.80. The number of imidazole rings is 1. The second-order valence-corrected chi connectivity index (χ2v) is 6.99. The van der Waals surface area contributed by atoms with E-state index in [0.717, 1.165) is 54.2 Å². The number of carbonyl (C=O) groups excluding carboxylic acids is 1. The predicted octanol–water partition coefficient (Wildman–Crippen LogP) is 3.39. The number of piperidine rings is 1. The molecular formula is C21H24N4O2. The first-order valence-corrected chi connectivity index (χ1v) is 9.32. The number of aromatic amines is 1. The Bertz CT molecular complexity index is 886. The number of para-hydroxylation sites is 2. The Hall–Kier alpha value is -2.86. The van der Waals surface area contributed by atoms with Crippen LogP contribution in [0.15, 0.2) is 48.5 Å². The first-order valence-electron chi connectivity index (χ1n) is 9.32. The van der Waals surface area contributed by atoms with Crippen molar-refractivity contribution in [3.05, 3.63) is 54.4 Å². The van der Waals surface area contributed by atoms with Gasteiger partial charge in [0.05, 0.1) is 24.7 Å². The molecule has 0 unspecified atom stereocenters. The zero-order chi connectivity index (χ0) is 18.6. The molecule has 1 aromatic heterocycles. The highest BCUT2D eigenvalue weighted by atomic mass is 16.5. The van der Waals surface area contributed by atoms with Crippen LogP contribution in [0.5, 0.6) is 5.75 Å². The molecule has 1 atom stereocenters. The van der Waals surface area contributed by atoms with Gasteiger partial charge in [-0.1, -0.05) is 12.1 Å². The normalized spacial score (nSPS) is 17.7. The molecule has 0 bridgehead atoms. The van der Waals surface area contributed by atoms with Gasteiger partial charge in [0.2, 0.25) is 5.91 Å². The molecule has 2 heterocycles. The second-order valence-electron chi connectivity index (χ2n) is 6.99. The van der Waals surface area contributed by atoms with Crippen molar-refractivity contribution >= 4 is 22.6 Å². The van der Waals surface area contributed by atoms with Crippen molar-refractivity contribution in [2.45, 2.75) is 18.8 Å². The van der Waals surface area contributed by atoms with Crippen LogP contribution < -0.4 is 10.1 Å². The van der Waals surface area contributed by atoms with Gasteiger partial charge in [0.15, 0.2) is 0 Å². The molecule has 1 aliphatic heterocycles. The van der Waals surface area contributed by atoms with Crippen molar-refractivity contribution in [3.8, 4) is 5.75 Å². The van der Waals surface area contributed by atoms with Crippen LogP contribution in [0.2, 0.25) is 0 Å². The summed E-state index contributed by atoms with van der Waals surface area (Å²) in [6.45, 7) is 2.17. The maximum Gasteiger partial charge on any atom is 0.238 e. The Morgan fingerprint density at radius 2 is 2.07 bits per heavy atom. The largest absolute Gasteiger partial charge is 0.497 e. The third kappa shape index (κ3) is 4.11. The summed E-state index contributed by atoms with van der Waals surface area (Å²) in [6, 6.07) is 15.5. The molecule has 140 valence electrons. The number of carbonyl (C=O) groups is 1. The van der Waals surface area contributed by atoms with Crippen molar-refractivity contribution in [2.75, 3.05) is 32.1 Å². The molecule has 0 saturated carbocycles. The first-order chi connectivity index (χ1) is 13.2. The van der Waals surface area contributed by atoms with Gasteiger partial charge in [-0.3, -0.25) is 9.69 Å². The Labute approximate surface area is 158 Å². The maximum atomic E-state index is 12.4. The number of aromatic nitrogens is 2. The molecular weight excluding hydrogens is 340 g/mol. The molecule has 6 heteroatoms. The van der Waals surface area contributed by atoms with E-state index >= 15 is 0 Å². The Kier molecular flexibility index (Phi) is 5.07. The minimum atomic E-state index is 0.00502. The molecule has 4 rings (SSSR count). The molecule has 27 heavy (non-hydrogen) atoms. The highest BCUT2D eigenvalue weighted by Crippen LogP contribution is 2.26. The van der Waals surface area contributed by atoms with Crippen LogP contribution >= 0.6 is 0 Å². The lowest BCUT2D eigenvalue weighted by atomic mass is 9.97. The van der Waals surface area contributed by atoms with E-state index < -0.39 is 0 Å². The number of hydrogen-bond acceptors (Lipinski definition) is 4. The van der Waals surface area contributed by atoms with Crippen molar-refractivity contribution in [1.82, 2.24) is 14.9 Å². The molecule has 1 aliphatic rings. The van der Waals surface area contributed by atoms with E-state index in [-0.39, 0.29) is 5.91 Å². The molecule has 1 amide bonds. The number of methoxy groups -OCH3 is 1. The molecule has 1 saturated heterocycles. The number of likely N-dealkylation sites (tertiary alicyclic amines) is 1. The van der Waals surface area contributed by atoms with Crippen LogP contribution in [-0.2, 0) is 4.79 Å². The molecule has 0 aliphatic carbocycles. The minimum absolute atomic E-state index is 0.00502. The average Bonchev–Trinajstić information content (AvgIpc) is 3.13. The molecule has 2 N–H and O–H groups in total. The number of benzene rings is 2. The summed E-state index contributed by atoms with van der Waals surface area (Å²) >= 11 is 0. The number of amides is 1. The summed E-state index contributed by atoms with van der Waals surface area (Å²) in [7, 11) is 1.63. The highest BCUT2D eigenvalue weighted by Gasteiger charge is 2.25. The van der Waals surface area contributed by atoms with Crippen LogP contribution in [0.4, 0.5) is 5.69 Å². The van der Waals surface area contributed by atoms with Gasteiger partial charge in [-0.05, 0) is 55.8 Å². The van der Waals surface area contributed by atoms with E-state index in [1.165, 1.54) is 0 Å². The Balaban J connectivity index is 1.36. The number of fused-ring (bicyclic) bond motifs is 1. The highest BCUT2D eigenvalue weighted by molar-refractivity contribution is 5.92. The van der Waals surface area contributed by atoms with Crippen LogP contribution in [-0.4, -0.2) is 47.5 Å². The van der Waals surface area contributed by atoms with E-state index in [1.807, 2.05) is 42.5 Å². The quantitative estimate of drug-likeness (QED) is 0.728. The lowest BCUT2D eigenvalue weighted by Gasteiger charge is -2.31. The number of nitrogens with zero attached hydrogens (tertiary/aromatic N) is 2. The summed E-state index contributed by atoms with van der Waals surface area (Å²) in [4.78, 5) is 22.8. The number of anilines is 1. The third-order valence-corrected chi connectivity index (χ3v) is 5.04. The monoisotopic (exact) mass is 364 g/mol. The third-order valence-electron chi connectivity index (χ3n) is 5.04. The first kappa shape index (κ1) is 17.5. The van der Waals surface area contributed by atoms with Crippen molar-refractivity contribution in [1.29, 1.82) is 0 Å². The summed E-state index contributed by atoms with van der Waals surface area (Å²) in [5.41, 5.74) is 2.86. The molecule has 6 nitrogen and oxygen atoms in total. The maximum absolute atomic E-state index is 12.4. The number of hydrogen-bond donors (Lipinski definition) is 2. The van der Waals surface area contributed by atoms with E-state index in [0.29, 0.717) is 12.5 Å². The smallest absolute Gasteiger partial charge is 0.238 e. The van der Waals surface area contributed by atoms with E-state index in [9.17, 15) is 4.79 Å². The number of ether oxygens (including phenoxy) is 1. The number of rotatable bonds is 5. The predicted molar refractivity (Wildman–Crippen MR) is 106 cm³/mol. The van der Waals surface area contributed by atoms with Gasteiger partial charge in [-0.15, -0.1) is 0 Å². The van der Waals surface area contributed by atoms with Crippen LogP contribution in [0.25, 0.3) is 11.0 Å². The number of H-pyrrole nitrogens is 1. The fourth-order valence-electron chi connectivity index (χ4n) is 3.67. The Morgan fingerprint density at radius 1 is 1.26 bits per heavy atom. The Morgan fingerprint density at radius 3 is 2.85 bits per heavy atom. The lowest BCUT2D eigenvalue weighted by Crippen LogP contribution is -2.40. The van der Waals surface area contributed by atoms with E-state index in [4.69, 9.17) is 9.72 Å². The molecule has 2 aromatic carbocycles. The molecule has 0 spiro atoms. The summed E-state index contributed by atoms with van der Waals surface area (Å²) in [6.07, 6.45) is 2.16. The summed E-state index contributed by atoms with van der Waals surface area (Å²) in [5.74, 6) is 2.14. The van der Waals surface area contributed by atoms with E-state index in [2.05, 4.69) is 21.3 Å². The van der Waals surface area contributed by atoms with Crippen LogP contribution in [0.3, 0.4) is 0 Å². The topological polar surface area (TPSA) is 70.2 Å². The SMILES string of the molecule is COc1ccc(NC(=O)CN2CCC[C@@H](c3nc4ccccc4[nH]3)C2)cc1. The van der Waals surface area contributed by atoms with Gasteiger partial charge < -0.3 is 15.0 Å². The van der Waals surface area contributed by atoms with Gasteiger partial charge >= 0.3 is 0 Å². The van der Waals surface area contributed by atoms with Gasteiger partial charge in [-0.2, -0.15) is 0 Å². The fourth-order valence-corrected chi connectivity index (χ4v) is 3.67. The van der Waals surface area contributed by atoms with Gasteiger partial charge in [-0.25, -0.2) is 4.98 Å². The fraction of sp³-hybridized carbons (Fsp3) is 0.333. The average molecular weight is 364 g/mol. The standard InChI is InChI=1S/C21H24N4O2/c1-27-17-10-8-16(9-11-17)22-20(26)14-25-12-4-5-15(13-25)21-23-18-6-2-3-7-19(18)24-21/h2-3,6-11,15H,4-5,12-14H2,1H3,(H,22,26)(H,23,24)/t15-/m1/s1. The van der Waals surface area contributed by atoms with Crippen molar-refractivity contribution in [3.63, 3.8) is 0 Å². The zero-order valence-corrected chi connectivity index (χ0v) is 15.4. The molecule has 0 radical (unpaired) electrons. The molecule has 1 fully saturated rings. The zero-order valence-electron chi connectivity index (χ0n) is 15.4. The van der Waals surface area contributed by atoms with Crippen molar-refractivity contribution < 1.29 is 9.53 Å². The lowest BCUT2D eigenvalue weighted by molar-refractivity contribution is -0.117. The van der Waals surface area contributed by atoms with Crippen LogP contribution in [0.1, 0.15) is 24.6 Å². The summed E-state index contributed by atoms with van der Waals surface area (Å²) in [5, 5.41) is 2.96. The van der Waals surface area contributed by atoms with Gasteiger partial charge in [0, 0.05) is 18.2 Å². The van der Waals surface area contributed by atoms with E-state index in [1.54, 1.807) is 7.11 Å². The molecule has 3 aromatic rings. The van der Waals surface area contributed by atoms with Gasteiger partial charge in [0.1, 0.15) is 11.6 Å². The summed E-state index contributed by atoms with van der Waals surface area (Å²) < 4.78 is 5.14. The minimum Gasteiger partial charge on any atom is -0.497 e. The van der Waals surface area contributed by atoms with Crippen molar-refractivity contribution in [2.24, 2.45) is 0 Å². The van der Waals surface area contributed by atoms with Gasteiger partial charge in [0.25, 0.3) is 0 Å². The van der Waals surface area contributed by atoms with Crippen LogP contribution in [0, 0.1) is 0 Å². The number of nitrogens with one attached hydrogen (secondary N) is 2.